The van der Waals surface area contributed by atoms with Crippen molar-refractivity contribution in [2.75, 3.05) is 19.6 Å². The lowest BCUT2D eigenvalue weighted by Crippen LogP contribution is -2.47. The van der Waals surface area contributed by atoms with Crippen molar-refractivity contribution in [2.24, 2.45) is 11.8 Å². The molecule has 0 aromatic carbocycles. The standard InChI is InChI=1S/C33H62N4O4/c38-31(39)30(37-33(41)36-27-29-22-16-10-6-2-1-3-7-11-17-23-29)24-18-19-25-34-32(40)35-26-28-20-14-12-8-4-5-9-13-15-21-28/h28-30H,1-27H2,(H,38,39)(H2,34,35,40)(H2,36,37,41). The molecular weight excluding hydrogens is 516 g/mol. The Morgan fingerprint density at radius 1 is 0.537 bits per heavy atom. The summed E-state index contributed by atoms with van der Waals surface area (Å²) in [5.74, 6) is 0.00671. The number of aliphatic carboxylic acids is 1. The van der Waals surface area contributed by atoms with Gasteiger partial charge in [0.15, 0.2) is 0 Å². The average Bonchev–Trinajstić information content (AvgIpc) is 3.01. The summed E-state index contributed by atoms with van der Waals surface area (Å²) < 4.78 is 0. The molecule has 0 aromatic rings. The van der Waals surface area contributed by atoms with Gasteiger partial charge in [-0.2, -0.15) is 0 Å². The first-order chi connectivity index (χ1) is 20.0. The highest BCUT2D eigenvalue weighted by atomic mass is 16.4. The molecule has 8 heteroatoms. The van der Waals surface area contributed by atoms with Gasteiger partial charge in [0.2, 0.25) is 0 Å². The van der Waals surface area contributed by atoms with Crippen molar-refractivity contribution in [3.05, 3.63) is 0 Å². The van der Waals surface area contributed by atoms with Crippen LogP contribution < -0.4 is 21.3 Å². The Balaban J connectivity index is 1.59. The van der Waals surface area contributed by atoms with Gasteiger partial charge in [-0.25, -0.2) is 14.4 Å². The monoisotopic (exact) mass is 578 g/mol. The first-order valence-electron chi connectivity index (χ1n) is 17.3. The minimum absolute atomic E-state index is 0.140. The molecule has 1 unspecified atom stereocenters. The van der Waals surface area contributed by atoms with Crippen molar-refractivity contribution in [1.29, 1.82) is 0 Å². The molecule has 0 bridgehead atoms. The third kappa shape index (κ3) is 18.9. The zero-order valence-electron chi connectivity index (χ0n) is 26.0. The molecule has 2 fully saturated rings. The Labute approximate surface area is 250 Å². The van der Waals surface area contributed by atoms with Gasteiger partial charge in [0, 0.05) is 19.6 Å². The number of unbranched alkanes of at least 4 members (excludes halogenated alkanes) is 1. The van der Waals surface area contributed by atoms with E-state index in [-0.39, 0.29) is 6.03 Å². The second-order valence-corrected chi connectivity index (χ2v) is 12.8. The number of amides is 4. The summed E-state index contributed by atoms with van der Waals surface area (Å²) in [5, 5.41) is 21.2. The quantitative estimate of drug-likeness (QED) is 0.162. The molecule has 0 spiro atoms. The minimum atomic E-state index is -1.02. The number of nitrogens with one attached hydrogen (secondary N) is 4. The first kappa shape index (κ1) is 35.2. The molecule has 0 aliphatic heterocycles. The number of urea groups is 2. The molecule has 2 aliphatic carbocycles. The van der Waals surface area contributed by atoms with Crippen LogP contribution >= 0.6 is 0 Å². The van der Waals surface area contributed by atoms with E-state index < -0.39 is 18.0 Å². The van der Waals surface area contributed by atoms with E-state index in [4.69, 9.17) is 0 Å². The summed E-state index contributed by atoms with van der Waals surface area (Å²) >= 11 is 0. The SMILES string of the molecule is O=C(NCCCCC(NC(=O)NCC1CCCCCCCCCCC1)C(=O)O)NCC1CCCCCCCCCC1. The molecule has 2 aliphatic rings. The van der Waals surface area contributed by atoms with E-state index >= 15 is 0 Å². The number of hydrogen-bond acceptors (Lipinski definition) is 3. The van der Waals surface area contributed by atoms with E-state index in [9.17, 15) is 19.5 Å². The maximum atomic E-state index is 12.5. The molecular formula is C33H62N4O4. The fraction of sp³-hybridized carbons (Fsp3) is 0.909. The van der Waals surface area contributed by atoms with Gasteiger partial charge in [0.25, 0.3) is 0 Å². The van der Waals surface area contributed by atoms with Crippen molar-refractivity contribution < 1.29 is 19.5 Å². The Kier molecular flexibility index (Phi) is 20.2. The Morgan fingerprint density at radius 3 is 1.34 bits per heavy atom. The van der Waals surface area contributed by atoms with E-state index in [0.29, 0.717) is 44.2 Å². The highest BCUT2D eigenvalue weighted by Gasteiger charge is 2.20. The lowest BCUT2D eigenvalue weighted by molar-refractivity contribution is -0.139. The largest absolute Gasteiger partial charge is 0.480 e. The second kappa shape index (κ2) is 23.6. The van der Waals surface area contributed by atoms with E-state index in [1.165, 1.54) is 122 Å². The van der Waals surface area contributed by atoms with E-state index in [1.54, 1.807) is 0 Å². The van der Waals surface area contributed by atoms with Gasteiger partial charge in [-0.05, 0) is 56.8 Å². The maximum absolute atomic E-state index is 12.5. The van der Waals surface area contributed by atoms with E-state index in [2.05, 4.69) is 21.3 Å². The van der Waals surface area contributed by atoms with Crippen molar-refractivity contribution in [3.63, 3.8) is 0 Å². The van der Waals surface area contributed by atoms with Crippen LogP contribution in [0.4, 0.5) is 9.59 Å². The molecule has 8 nitrogen and oxygen atoms in total. The number of hydrogen-bond donors (Lipinski definition) is 5. The number of carboxylic acid groups (broad SMARTS) is 1. The van der Waals surface area contributed by atoms with Crippen LogP contribution in [0.3, 0.4) is 0 Å². The highest BCUT2D eigenvalue weighted by Crippen LogP contribution is 2.22. The minimum Gasteiger partial charge on any atom is -0.480 e. The van der Waals surface area contributed by atoms with Crippen molar-refractivity contribution in [1.82, 2.24) is 21.3 Å². The van der Waals surface area contributed by atoms with Crippen molar-refractivity contribution in [3.8, 4) is 0 Å². The smallest absolute Gasteiger partial charge is 0.326 e. The third-order valence-corrected chi connectivity index (χ3v) is 9.11. The zero-order chi connectivity index (χ0) is 29.4. The number of carbonyl (C=O) groups is 3. The third-order valence-electron chi connectivity index (χ3n) is 9.11. The van der Waals surface area contributed by atoms with Crippen LogP contribution in [0.25, 0.3) is 0 Å². The van der Waals surface area contributed by atoms with Gasteiger partial charge in [0.1, 0.15) is 6.04 Å². The van der Waals surface area contributed by atoms with E-state index in [0.717, 1.165) is 19.4 Å². The van der Waals surface area contributed by atoms with Gasteiger partial charge < -0.3 is 26.4 Å². The fourth-order valence-corrected chi connectivity index (χ4v) is 6.41. The number of rotatable bonds is 11. The summed E-state index contributed by atoms with van der Waals surface area (Å²) in [6.45, 7) is 1.83. The molecule has 4 amide bonds. The molecule has 2 saturated carbocycles. The summed E-state index contributed by atoms with van der Waals surface area (Å²) in [4.78, 5) is 36.5. The van der Waals surface area contributed by atoms with Crippen LogP contribution in [0.15, 0.2) is 0 Å². The topological polar surface area (TPSA) is 120 Å². The lowest BCUT2D eigenvalue weighted by atomic mass is 9.93. The summed E-state index contributed by atoms with van der Waals surface area (Å²) in [6, 6.07) is -1.45. The summed E-state index contributed by atoms with van der Waals surface area (Å²) in [7, 11) is 0. The predicted molar refractivity (Wildman–Crippen MR) is 167 cm³/mol. The van der Waals surface area contributed by atoms with Gasteiger partial charge in [-0.3, -0.25) is 0 Å². The Morgan fingerprint density at radius 2 is 0.927 bits per heavy atom. The number of carbonyl (C=O) groups excluding carboxylic acids is 2. The normalized spacial score (nSPS) is 20.3. The Hall–Kier alpha value is -1.99. The van der Waals surface area contributed by atoms with Crippen LogP contribution in [-0.4, -0.2) is 48.8 Å². The van der Waals surface area contributed by atoms with Gasteiger partial charge >= 0.3 is 18.0 Å². The molecule has 1 atom stereocenters. The molecule has 0 radical (unpaired) electrons. The van der Waals surface area contributed by atoms with Crippen LogP contribution in [0.5, 0.6) is 0 Å². The van der Waals surface area contributed by atoms with Crippen molar-refractivity contribution in [2.45, 2.75) is 160 Å². The summed E-state index contributed by atoms with van der Waals surface area (Å²) in [5.41, 5.74) is 0. The number of carboxylic acids is 1. The summed E-state index contributed by atoms with van der Waals surface area (Å²) in [6.07, 6.45) is 28.4. The average molecular weight is 579 g/mol. The molecule has 0 heterocycles. The second-order valence-electron chi connectivity index (χ2n) is 12.8. The van der Waals surface area contributed by atoms with Crippen LogP contribution in [-0.2, 0) is 4.79 Å². The predicted octanol–water partition coefficient (Wildman–Crippen LogP) is 7.66. The zero-order valence-corrected chi connectivity index (χ0v) is 26.0. The first-order valence-corrected chi connectivity index (χ1v) is 17.3. The van der Waals surface area contributed by atoms with E-state index in [1.807, 2.05) is 0 Å². The highest BCUT2D eigenvalue weighted by molar-refractivity contribution is 5.82. The van der Waals surface area contributed by atoms with Crippen LogP contribution in [0, 0.1) is 11.8 Å². The Bertz CT molecular complexity index is 681. The molecule has 238 valence electrons. The van der Waals surface area contributed by atoms with Crippen molar-refractivity contribution >= 4 is 18.0 Å². The maximum Gasteiger partial charge on any atom is 0.326 e. The molecule has 41 heavy (non-hydrogen) atoms. The van der Waals surface area contributed by atoms with Gasteiger partial charge in [-0.1, -0.05) is 109 Å². The molecule has 5 N–H and O–H groups in total. The fourth-order valence-electron chi connectivity index (χ4n) is 6.41. The molecule has 2 rings (SSSR count). The van der Waals surface area contributed by atoms with Crippen LogP contribution in [0.1, 0.15) is 154 Å². The van der Waals surface area contributed by atoms with Gasteiger partial charge in [-0.15, -0.1) is 0 Å². The molecule has 0 aromatic heterocycles. The molecule has 0 saturated heterocycles. The lowest BCUT2D eigenvalue weighted by Gasteiger charge is -2.20. The van der Waals surface area contributed by atoms with Gasteiger partial charge in [0.05, 0.1) is 0 Å². The van der Waals surface area contributed by atoms with Crippen LogP contribution in [0.2, 0.25) is 0 Å².